The molecule has 0 aliphatic carbocycles. The van der Waals surface area contributed by atoms with Gasteiger partial charge in [-0.05, 0) is 13.0 Å². The van der Waals surface area contributed by atoms with Crippen LogP contribution in [0.4, 0.5) is 14.9 Å². The first-order valence-corrected chi connectivity index (χ1v) is 4.97. The Bertz CT molecular complexity index is 466. The minimum Gasteiger partial charge on any atom is -0.482 e. The van der Waals surface area contributed by atoms with Gasteiger partial charge >= 0.3 is 11.8 Å². The quantitative estimate of drug-likeness (QED) is 0.619. The highest BCUT2D eigenvalue weighted by atomic mass is 19.1. The Hall–Kier alpha value is -2.38. The fourth-order valence-corrected chi connectivity index (χ4v) is 1.22. The van der Waals surface area contributed by atoms with Crippen molar-refractivity contribution in [3.63, 3.8) is 0 Å². The SMILES string of the molecule is CC(CNC(=O)O)Oc1cc(F)ccc1[N+](=O)[O-]. The van der Waals surface area contributed by atoms with E-state index >= 15 is 0 Å². The van der Waals surface area contributed by atoms with Crippen molar-refractivity contribution in [3.05, 3.63) is 34.1 Å². The number of ether oxygens (including phenoxy) is 1. The van der Waals surface area contributed by atoms with Crippen LogP contribution in [0.2, 0.25) is 0 Å². The first-order chi connectivity index (χ1) is 8.40. The lowest BCUT2D eigenvalue weighted by Gasteiger charge is -2.14. The molecule has 7 nitrogen and oxygen atoms in total. The van der Waals surface area contributed by atoms with E-state index in [0.717, 1.165) is 18.2 Å². The molecule has 0 heterocycles. The van der Waals surface area contributed by atoms with Gasteiger partial charge in [-0.1, -0.05) is 0 Å². The van der Waals surface area contributed by atoms with Crippen LogP contribution in [-0.2, 0) is 0 Å². The number of hydrogen-bond donors (Lipinski definition) is 2. The molecular weight excluding hydrogens is 247 g/mol. The third kappa shape index (κ3) is 3.89. The van der Waals surface area contributed by atoms with Gasteiger partial charge in [0.15, 0.2) is 5.75 Å². The van der Waals surface area contributed by atoms with Gasteiger partial charge in [-0.3, -0.25) is 10.1 Å². The lowest BCUT2D eigenvalue weighted by atomic mass is 10.3. The predicted octanol–water partition coefficient (Wildman–Crippen LogP) is 1.77. The number of nitrogens with zero attached hydrogens (tertiary/aromatic N) is 1. The highest BCUT2D eigenvalue weighted by molar-refractivity contribution is 5.64. The largest absolute Gasteiger partial charge is 0.482 e. The zero-order chi connectivity index (χ0) is 13.7. The van der Waals surface area contributed by atoms with Gasteiger partial charge < -0.3 is 15.2 Å². The van der Waals surface area contributed by atoms with Gasteiger partial charge in [0.25, 0.3) is 0 Å². The molecule has 0 radical (unpaired) electrons. The average molecular weight is 258 g/mol. The smallest absolute Gasteiger partial charge is 0.404 e. The highest BCUT2D eigenvalue weighted by Crippen LogP contribution is 2.28. The van der Waals surface area contributed by atoms with E-state index in [-0.39, 0.29) is 18.0 Å². The molecule has 0 saturated carbocycles. The predicted molar refractivity (Wildman–Crippen MR) is 59.2 cm³/mol. The zero-order valence-electron chi connectivity index (χ0n) is 9.42. The number of nitro groups is 1. The number of benzene rings is 1. The molecule has 0 saturated heterocycles. The summed E-state index contributed by atoms with van der Waals surface area (Å²) in [6, 6.07) is 2.82. The van der Waals surface area contributed by atoms with Crippen LogP contribution in [0.5, 0.6) is 5.75 Å². The van der Waals surface area contributed by atoms with Crippen molar-refractivity contribution >= 4 is 11.8 Å². The summed E-state index contributed by atoms with van der Waals surface area (Å²) in [4.78, 5) is 20.2. The number of carbonyl (C=O) groups is 1. The number of rotatable bonds is 5. The van der Waals surface area contributed by atoms with Gasteiger partial charge in [0.1, 0.15) is 11.9 Å². The van der Waals surface area contributed by atoms with Crippen LogP contribution in [0.1, 0.15) is 6.92 Å². The van der Waals surface area contributed by atoms with Gasteiger partial charge in [0, 0.05) is 12.1 Å². The Morgan fingerprint density at radius 1 is 1.67 bits per heavy atom. The van der Waals surface area contributed by atoms with Crippen LogP contribution in [0.25, 0.3) is 0 Å². The third-order valence-electron chi connectivity index (χ3n) is 1.99. The minimum atomic E-state index is -1.24. The van der Waals surface area contributed by atoms with Crippen LogP contribution < -0.4 is 10.1 Å². The molecule has 0 bridgehead atoms. The van der Waals surface area contributed by atoms with E-state index in [1.165, 1.54) is 6.92 Å². The second kappa shape index (κ2) is 5.80. The summed E-state index contributed by atoms with van der Waals surface area (Å²) in [7, 11) is 0. The molecule has 8 heteroatoms. The first-order valence-electron chi connectivity index (χ1n) is 4.97. The molecule has 0 aliphatic heterocycles. The number of nitrogens with one attached hydrogen (secondary N) is 1. The van der Waals surface area contributed by atoms with Gasteiger partial charge in [-0.15, -0.1) is 0 Å². The van der Waals surface area contributed by atoms with E-state index in [2.05, 4.69) is 5.32 Å². The summed E-state index contributed by atoms with van der Waals surface area (Å²) >= 11 is 0. The number of nitro benzene ring substituents is 1. The third-order valence-corrected chi connectivity index (χ3v) is 1.99. The molecule has 1 amide bonds. The number of amides is 1. The van der Waals surface area contributed by atoms with E-state index in [1.807, 2.05) is 0 Å². The van der Waals surface area contributed by atoms with Gasteiger partial charge in [0.05, 0.1) is 11.5 Å². The molecule has 1 atom stereocenters. The zero-order valence-corrected chi connectivity index (χ0v) is 9.42. The maximum absolute atomic E-state index is 13.0. The Labute approximate surface area is 101 Å². The van der Waals surface area contributed by atoms with E-state index in [0.29, 0.717) is 0 Å². The van der Waals surface area contributed by atoms with Crippen molar-refractivity contribution in [1.29, 1.82) is 0 Å². The number of carboxylic acid groups (broad SMARTS) is 1. The first kappa shape index (κ1) is 13.7. The lowest BCUT2D eigenvalue weighted by molar-refractivity contribution is -0.386. The molecule has 1 aromatic carbocycles. The van der Waals surface area contributed by atoms with E-state index < -0.39 is 22.9 Å². The minimum absolute atomic E-state index is 0.0665. The summed E-state index contributed by atoms with van der Waals surface area (Å²) in [6.07, 6.45) is -1.90. The van der Waals surface area contributed by atoms with E-state index in [4.69, 9.17) is 9.84 Å². The maximum atomic E-state index is 13.0. The van der Waals surface area contributed by atoms with Gasteiger partial charge in [-0.2, -0.15) is 0 Å². The summed E-state index contributed by atoms with van der Waals surface area (Å²) < 4.78 is 18.1. The Morgan fingerprint density at radius 2 is 2.33 bits per heavy atom. The van der Waals surface area contributed by atoms with Crippen molar-refractivity contribution in [2.24, 2.45) is 0 Å². The molecule has 0 spiro atoms. The van der Waals surface area contributed by atoms with Crippen molar-refractivity contribution < 1.29 is 24.0 Å². The topological polar surface area (TPSA) is 102 Å². The molecule has 1 aromatic rings. The number of halogens is 1. The Balaban J connectivity index is 2.79. The van der Waals surface area contributed by atoms with Crippen molar-refractivity contribution in [2.75, 3.05) is 6.54 Å². The molecule has 2 N–H and O–H groups in total. The van der Waals surface area contributed by atoms with Gasteiger partial charge in [-0.25, -0.2) is 9.18 Å². The van der Waals surface area contributed by atoms with Crippen molar-refractivity contribution in [3.8, 4) is 5.75 Å². The molecule has 0 aromatic heterocycles. The summed E-state index contributed by atoms with van der Waals surface area (Å²) in [5.41, 5.74) is -0.376. The average Bonchev–Trinajstić information content (AvgIpc) is 2.26. The highest BCUT2D eigenvalue weighted by Gasteiger charge is 2.18. The second-order valence-electron chi connectivity index (χ2n) is 3.48. The van der Waals surface area contributed by atoms with Crippen molar-refractivity contribution in [1.82, 2.24) is 5.32 Å². The van der Waals surface area contributed by atoms with Crippen LogP contribution in [0.15, 0.2) is 18.2 Å². The normalized spacial score (nSPS) is 11.7. The summed E-state index contributed by atoms with van der Waals surface area (Å²) in [5.74, 6) is -0.909. The Morgan fingerprint density at radius 3 is 2.89 bits per heavy atom. The molecule has 0 fully saturated rings. The molecule has 1 unspecified atom stereocenters. The molecule has 0 aliphatic rings. The van der Waals surface area contributed by atoms with E-state index in [1.54, 1.807) is 0 Å². The molecule has 1 rings (SSSR count). The van der Waals surface area contributed by atoms with E-state index in [9.17, 15) is 19.3 Å². The summed E-state index contributed by atoms with van der Waals surface area (Å²) in [6.45, 7) is 1.44. The van der Waals surface area contributed by atoms with Gasteiger partial charge in [0.2, 0.25) is 0 Å². The fraction of sp³-hybridized carbons (Fsp3) is 0.300. The van der Waals surface area contributed by atoms with Crippen LogP contribution in [-0.4, -0.2) is 28.8 Å². The number of hydrogen-bond acceptors (Lipinski definition) is 4. The standard InChI is InChI=1S/C10H11FN2O5/c1-6(5-12-10(14)15)18-9-4-7(11)2-3-8(9)13(16)17/h2-4,6,12H,5H2,1H3,(H,14,15). The second-order valence-corrected chi connectivity index (χ2v) is 3.48. The van der Waals surface area contributed by atoms with Crippen LogP contribution in [0, 0.1) is 15.9 Å². The Kier molecular flexibility index (Phi) is 4.41. The van der Waals surface area contributed by atoms with Crippen LogP contribution in [0.3, 0.4) is 0 Å². The lowest BCUT2D eigenvalue weighted by Crippen LogP contribution is -2.32. The maximum Gasteiger partial charge on any atom is 0.404 e. The molecule has 98 valence electrons. The molecule has 18 heavy (non-hydrogen) atoms. The van der Waals surface area contributed by atoms with Crippen molar-refractivity contribution in [2.45, 2.75) is 13.0 Å². The molecular formula is C10H11FN2O5. The van der Waals surface area contributed by atoms with Crippen LogP contribution >= 0.6 is 0 Å². The summed E-state index contributed by atoms with van der Waals surface area (Å²) in [5, 5.41) is 21.1. The fourth-order valence-electron chi connectivity index (χ4n) is 1.22. The monoisotopic (exact) mass is 258 g/mol.